The lowest BCUT2D eigenvalue weighted by Crippen LogP contribution is -2.45. The minimum Gasteiger partial charge on any atom is -0.336 e. The number of carbonyl (C=O) groups is 2. The third-order valence-electron chi connectivity index (χ3n) is 4.18. The minimum atomic E-state index is -0.465. The number of anilines is 1. The maximum atomic E-state index is 13.2. The lowest BCUT2D eigenvalue weighted by molar-refractivity contribution is 0.0713. The molecule has 1 aromatic heterocycles. The molecule has 1 aromatic carbocycles. The van der Waals surface area contributed by atoms with E-state index in [2.05, 4.69) is 5.32 Å². The fourth-order valence-corrected chi connectivity index (χ4v) is 3.94. The Morgan fingerprint density at radius 2 is 2.16 bits per heavy atom. The molecule has 1 saturated heterocycles. The van der Waals surface area contributed by atoms with E-state index in [1.807, 2.05) is 6.92 Å². The lowest BCUT2D eigenvalue weighted by Gasteiger charge is -2.30. The molecule has 5 nitrogen and oxygen atoms in total. The Hall–Kier alpha value is -2.25. The van der Waals surface area contributed by atoms with Crippen LogP contribution in [0.25, 0.3) is 0 Å². The third-order valence-corrected chi connectivity index (χ3v) is 5.32. The van der Waals surface area contributed by atoms with Crippen molar-refractivity contribution < 1.29 is 14.0 Å². The molecule has 1 atom stereocenters. The van der Waals surface area contributed by atoms with Gasteiger partial charge in [-0.2, -0.15) is 0 Å². The van der Waals surface area contributed by atoms with Crippen molar-refractivity contribution >= 4 is 28.2 Å². The number of nitrogens with one attached hydrogen (secondary N) is 1. The fourth-order valence-electron chi connectivity index (χ4n) is 2.91. The number of halogens is 1. The van der Waals surface area contributed by atoms with Crippen molar-refractivity contribution in [1.82, 2.24) is 4.90 Å². The second kappa shape index (κ2) is 7.33. The number of hydrogen-bond acceptors (Lipinski definition) is 4. The predicted molar refractivity (Wildman–Crippen MR) is 96.5 cm³/mol. The number of carbonyl (C=O) groups excluding carboxylic acids is 2. The Morgan fingerprint density at radius 3 is 2.88 bits per heavy atom. The number of rotatable bonds is 3. The van der Waals surface area contributed by atoms with E-state index in [9.17, 15) is 14.0 Å². The second-order valence-corrected chi connectivity index (χ2v) is 7.29. The van der Waals surface area contributed by atoms with Crippen LogP contribution in [0.2, 0.25) is 0 Å². The Labute approximate surface area is 149 Å². The summed E-state index contributed by atoms with van der Waals surface area (Å²) in [6.07, 6.45) is 1.84. The smallest absolute Gasteiger partial charge is 0.264 e. The number of likely N-dealkylation sites (tertiary alicyclic amines) is 1. The van der Waals surface area contributed by atoms with Crippen LogP contribution in [-0.2, 0) is 0 Å². The zero-order valence-electron chi connectivity index (χ0n) is 13.9. The van der Waals surface area contributed by atoms with Crippen LogP contribution in [-0.4, -0.2) is 35.8 Å². The van der Waals surface area contributed by atoms with Gasteiger partial charge in [-0.05, 0) is 49.6 Å². The number of nitrogens with two attached hydrogens (primary N) is 1. The zero-order chi connectivity index (χ0) is 18.0. The summed E-state index contributed by atoms with van der Waals surface area (Å²) in [5.41, 5.74) is 6.99. The van der Waals surface area contributed by atoms with E-state index in [1.54, 1.807) is 17.0 Å². The highest BCUT2D eigenvalue weighted by Crippen LogP contribution is 2.29. The van der Waals surface area contributed by atoms with Gasteiger partial charge in [-0.15, -0.1) is 11.3 Å². The van der Waals surface area contributed by atoms with Gasteiger partial charge in [0.2, 0.25) is 0 Å². The van der Waals surface area contributed by atoms with Gasteiger partial charge in [0.05, 0.1) is 9.88 Å². The molecule has 0 radical (unpaired) electrons. The molecule has 0 aliphatic carbocycles. The topological polar surface area (TPSA) is 75.4 Å². The zero-order valence-corrected chi connectivity index (χ0v) is 14.7. The highest BCUT2D eigenvalue weighted by molar-refractivity contribution is 7.18. The standard InChI is InChI=1S/C18H20FN3O2S/c1-11-8-15(21-17(23)12-4-2-5-13(19)9-12)25-16(11)18(24)22-7-3-6-14(20)10-22/h2,4-5,8-9,14H,3,6-7,10,20H2,1H3,(H,21,23). The molecule has 7 heteroatoms. The number of piperidine rings is 1. The number of thiophene rings is 1. The lowest BCUT2D eigenvalue weighted by atomic mass is 10.1. The quantitative estimate of drug-likeness (QED) is 0.882. The van der Waals surface area contributed by atoms with Crippen LogP contribution in [0.5, 0.6) is 0 Å². The Balaban J connectivity index is 1.73. The summed E-state index contributed by atoms with van der Waals surface area (Å²) in [5, 5.41) is 3.30. The largest absolute Gasteiger partial charge is 0.336 e. The maximum absolute atomic E-state index is 13.2. The molecule has 2 amide bonds. The van der Waals surface area contributed by atoms with Crippen LogP contribution in [0.4, 0.5) is 9.39 Å². The van der Waals surface area contributed by atoms with E-state index in [0.717, 1.165) is 18.4 Å². The van der Waals surface area contributed by atoms with Gasteiger partial charge in [-0.1, -0.05) is 6.07 Å². The monoisotopic (exact) mass is 361 g/mol. The molecule has 1 aliphatic heterocycles. The summed E-state index contributed by atoms with van der Waals surface area (Å²) in [4.78, 5) is 27.3. The Bertz CT molecular complexity index is 805. The van der Waals surface area contributed by atoms with Crippen LogP contribution in [0.1, 0.15) is 38.4 Å². The van der Waals surface area contributed by atoms with Crippen molar-refractivity contribution in [2.24, 2.45) is 5.73 Å². The minimum absolute atomic E-state index is 0.0186. The molecule has 3 rings (SSSR count). The average Bonchev–Trinajstić information content (AvgIpc) is 2.94. The van der Waals surface area contributed by atoms with Gasteiger partial charge in [0.15, 0.2) is 0 Å². The molecule has 2 aromatic rings. The number of amides is 2. The van der Waals surface area contributed by atoms with Crippen molar-refractivity contribution in [3.63, 3.8) is 0 Å². The highest BCUT2D eigenvalue weighted by Gasteiger charge is 2.25. The summed E-state index contributed by atoms with van der Waals surface area (Å²) in [7, 11) is 0. The van der Waals surface area contributed by atoms with Gasteiger partial charge in [0, 0.05) is 24.7 Å². The van der Waals surface area contributed by atoms with Crippen LogP contribution < -0.4 is 11.1 Å². The van der Waals surface area contributed by atoms with Gasteiger partial charge >= 0.3 is 0 Å². The molecule has 1 aliphatic rings. The predicted octanol–water partition coefficient (Wildman–Crippen LogP) is 3.01. The number of nitrogens with zero attached hydrogens (tertiary/aromatic N) is 1. The molecule has 2 heterocycles. The van der Waals surface area contributed by atoms with Crippen molar-refractivity contribution in [1.29, 1.82) is 0 Å². The van der Waals surface area contributed by atoms with Crippen molar-refractivity contribution in [3.8, 4) is 0 Å². The van der Waals surface area contributed by atoms with Crippen LogP contribution >= 0.6 is 11.3 Å². The van der Waals surface area contributed by atoms with Gasteiger partial charge in [0.1, 0.15) is 5.82 Å². The van der Waals surface area contributed by atoms with Crippen LogP contribution in [0, 0.1) is 12.7 Å². The number of aryl methyl sites for hydroxylation is 1. The van der Waals surface area contributed by atoms with E-state index in [4.69, 9.17) is 5.73 Å². The first-order valence-electron chi connectivity index (χ1n) is 8.16. The normalized spacial score (nSPS) is 17.4. The van der Waals surface area contributed by atoms with Crippen LogP contribution in [0.3, 0.4) is 0 Å². The van der Waals surface area contributed by atoms with E-state index >= 15 is 0 Å². The summed E-state index contributed by atoms with van der Waals surface area (Å²) in [5.74, 6) is -0.920. The molecular weight excluding hydrogens is 341 g/mol. The maximum Gasteiger partial charge on any atom is 0.264 e. The molecule has 0 bridgehead atoms. The van der Waals surface area contributed by atoms with E-state index in [-0.39, 0.29) is 17.5 Å². The SMILES string of the molecule is Cc1cc(NC(=O)c2cccc(F)c2)sc1C(=O)N1CCCC(N)C1. The summed E-state index contributed by atoms with van der Waals surface area (Å²) >= 11 is 1.23. The molecule has 0 saturated carbocycles. The summed E-state index contributed by atoms with van der Waals surface area (Å²) in [6.45, 7) is 3.10. The summed E-state index contributed by atoms with van der Waals surface area (Å²) < 4.78 is 13.2. The van der Waals surface area contributed by atoms with E-state index in [0.29, 0.717) is 23.0 Å². The first-order chi connectivity index (χ1) is 11.9. The molecule has 132 valence electrons. The van der Waals surface area contributed by atoms with Gasteiger partial charge < -0.3 is 16.0 Å². The first-order valence-corrected chi connectivity index (χ1v) is 8.98. The van der Waals surface area contributed by atoms with Crippen molar-refractivity contribution in [3.05, 3.63) is 52.2 Å². The van der Waals surface area contributed by atoms with E-state index < -0.39 is 11.7 Å². The van der Waals surface area contributed by atoms with Gasteiger partial charge in [0.25, 0.3) is 11.8 Å². The van der Waals surface area contributed by atoms with Crippen LogP contribution in [0.15, 0.2) is 30.3 Å². The molecule has 25 heavy (non-hydrogen) atoms. The average molecular weight is 361 g/mol. The molecule has 3 N–H and O–H groups in total. The molecule has 1 unspecified atom stereocenters. The van der Waals surface area contributed by atoms with Gasteiger partial charge in [-0.3, -0.25) is 9.59 Å². The molecule has 1 fully saturated rings. The Morgan fingerprint density at radius 1 is 1.36 bits per heavy atom. The summed E-state index contributed by atoms with van der Waals surface area (Å²) in [6, 6.07) is 7.27. The van der Waals surface area contributed by atoms with E-state index in [1.165, 1.54) is 29.5 Å². The first kappa shape index (κ1) is 17.6. The second-order valence-electron chi connectivity index (χ2n) is 6.24. The Kier molecular flexibility index (Phi) is 5.15. The fraction of sp³-hybridized carbons (Fsp3) is 0.333. The molecule has 0 spiro atoms. The third kappa shape index (κ3) is 4.05. The number of hydrogen-bond donors (Lipinski definition) is 2. The van der Waals surface area contributed by atoms with Crippen molar-refractivity contribution in [2.45, 2.75) is 25.8 Å². The number of benzene rings is 1. The molecular formula is C18H20FN3O2S. The highest BCUT2D eigenvalue weighted by atomic mass is 32.1. The van der Waals surface area contributed by atoms with Crippen molar-refractivity contribution in [2.75, 3.05) is 18.4 Å². The van der Waals surface area contributed by atoms with Gasteiger partial charge in [-0.25, -0.2) is 4.39 Å².